The zero-order valence-corrected chi connectivity index (χ0v) is 10.1. The van der Waals surface area contributed by atoms with Crippen molar-refractivity contribution in [2.24, 2.45) is 0 Å². The molecule has 14 heavy (non-hydrogen) atoms. The summed E-state index contributed by atoms with van der Waals surface area (Å²) in [5, 5.41) is 2.02. The van der Waals surface area contributed by atoms with Gasteiger partial charge in [0.2, 0.25) is 0 Å². The fourth-order valence-electron chi connectivity index (χ4n) is 1.54. The molecule has 0 aliphatic carbocycles. The van der Waals surface area contributed by atoms with Gasteiger partial charge in [0.25, 0.3) is 0 Å². The maximum atomic E-state index is 10.9. The predicted octanol–water partition coefficient (Wildman–Crippen LogP) is 3.92. The van der Waals surface area contributed by atoms with E-state index in [0.717, 1.165) is 27.4 Å². The number of hydrogen-bond acceptors (Lipinski definition) is 2. The summed E-state index contributed by atoms with van der Waals surface area (Å²) in [6.45, 7) is 2.01. The van der Waals surface area contributed by atoms with Gasteiger partial charge >= 0.3 is 0 Å². The minimum absolute atomic E-state index is 0.803. The van der Waals surface area contributed by atoms with Crippen LogP contribution in [0.15, 0.2) is 18.2 Å². The monoisotopic (exact) mass is 268 g/mol. The van der Waals surface area contributed by atoms with Gasteiger partial charge in [0.1, 0.15) is 0 Å². The predicted molar refractivity (Wildman–Crippen MR) is 64.6 cm³/mol. The molecule has 1 nitrogen and oxygen atoms in total. The molecule has 0 N–H and O–H groups in total. The van der Waals surface area contributed by atoms with E-state index in [1.54, 1.807) is 11.3 Å². The fraction of sp³-hybridized carbons (Fsp3) is 0.182. The number of carbonyl (C=O) groups is 1. The van der Waals surface area contributed by atoms with Gasteiger partial charge in [-0.15, -0.1) is 11.3 Å². The van der Waals surface area contributed by atoms with Crippen molar-refractivity contribution in [3.63, 3.8) is 0 Å². The zero-order chi connectivity index (χ0) is 10.1. The zero-order valence-electron chi connectivity index (χ0n) is 7.71. The largest absolute Gasteiger partial charge is 0.298 e. The summed E-state index contributed by atoms with van der Waals surface area (Å²) in [6, 6.07) is 6.18. The van der Waals surface area contributed by atoms with E-state index in [-0.39, 0.29) is 0 Å². The first-order chi connectivity index (χ1) is 6.74. The maximum absolute atomic E-state index is 10.9. The normalized spacial score (nSPS) is 10.7. The number of aryl methyl sites for hydroxylation is 1. The highest BCUT2D eigenvalue weighted by molar-refractivity contribution is 9.08. The van der Waals surface area contributed by atoms with Crippen LogP contribution >= 0.6 is 27.3 Å². The van der Waals surface area contributed by atoms with Crippen molar-refractivity contribution in [3.05, 3.63) is 34.2 Å². The molecule has 1 heterocycles. The molecule has 0 radical (unpaired) electrons. The summed E-state index contributed by atoms with van der Waals surface area (Å²) < 4.78 is 1.10. The lowest BCUT2D eigenvalue weighted by Crippen LogP contribution is -1.81. The lowest BCUT2D eigenvalue weighted by Gasteiger charge is -1.96. The highest BCUT2D eigenvalue weighted by atomic mass is 79.9. The number of thiophene rings is 1. The highest BCUT2D eigenvalue weighted by Crippen LogP contribution is 2.30. The molecular formula is C11H9BrOS. The van der Waals surface area contributed by atoms with E-state index in [1.807, 2.05) is 13.0 Å². The smallest absolute Gasteiger partial charge is 0.151 e. The molecule has 0 unspecified atom stereocenters. The van der Waals surface area contributed by atoms with Crippen molar-refractivity contribution in [1.29, 1.82) is 0 Å². The van der Waals surface area contributed by atoms with Gasteiger partial charge in [-0.1, -0.05) is 22.0 Å². The van der Waals surface area contributed by atoms with Crippen LogP contribution in [0, 0.1) is 6.92 Å². The molecule has 0 aliphatic rings. The van der Waals surface area contributed by atoms with Gasteiger partial charge in [0, 0.05) is 20.5 Å². The topological polar surface area (TPSA) is 17.1 Å². The average Bonchev–Trinajstić information content (AvgIpc) is 2.59. The number of fused-ring (bicyclic) bond motifs is 1. The third-order valence-corrected chi connectivity index (χ3v) is 4.27. The van der Waals surface area contributed by atoms with E-state index < -0.39 is 0 Å². The van der Waals surface area contributed by atoms with Crippen molar-refractivity contribution in [2.75, 3.05) is 0 Å². The second kappa shape index (κ2) is 3.83. The van der Waals surface area contributed by atoms with Gasteiger partial charge < -0.3 is 0 Å². The Morgan fingerprint density at radius 1 is 1.43 bits per heavy atom. The SMILES string of the molecule is Cc1cc(C=O)c2sc(CBr)cc2c1. The highest BCUT2D eigenvalue weighted by Gasteiger charge is 2.06. The van der Waals surface area contributed by atoms with Crippen LogP contribution in [-0.2, 0) is 5.33 Å². The molecule has 0 bridgehead atoms. The minimum Gasteiger partial charge on any atom is -0.298 e. The lowest BCUT2D eigenvalue weighted by molar-refractivity contribution is 0.112. The first-order valence-corrected chi connectivity index (χ1v) is 6.22. The van der Waals surface area contributed by atoms with Gasteiger partial charge in [0.15, 0.2) is 6.29 Å². The molecule has 72 valence electrons. The molecule has 0 saturated heterocycles. The molecular weight excluding hydrogens is 260 g/mol. The van der Waals surface area contributed by atoms with Crippen LogP contribution in [0.2, 0.25) is 0 Å². The first-order valence-electron chi connectivity index (χ1n) is 4.29. The van der Waals surface area contributed by atoms with Gasteiger partial charge in [-0.25, -0.2) is 0 Å². The Hall–Kier alpha value is -0.670. The summed E-state index contributed by atoms with van der Waals surface area (Å²) >= 11 is 5.10. The van der Waals surface area contributed by atoms with E-state index in [4.69, 9.17) is 0 Å². The number of carbonyl (C=O) groups excluding carboxylic acids is 1. The van der Waals surface area contributed by atoms with Crippen LogP contribution in [0.4, 0.5) is 0 Å². The Labute approximate surface area is 94.9 Å². The van der Waals surface area contributed by atoms with Crippen LogP contribution in [-0.4, -0.2) is 6.29 Å². The molecule has 3 heteroatoms. The van der Waals surface area contributed by atoms with E-state index in [2.05, 4.69) is 28.1 Å². The molecule has 2 rings (SSSR count). The Balaban J connectivity index is 2.77. The second-order valence-electron chi connectivity index (χ2n) is 3.24. The van der Waals surface area contributed by atoms with Crippen molar-refractivity contribution < 1.29 is 4.79 Å². The van der Waals surface area contributed by atoms with Crippen LogP contribution in [0.25, 0.3) is 10.1 Å². The standard InChI is InChI=1S/C11H9BrOS/c1-7-2-8-4-10(5-12)14-11(8)9(3-7)6-13/h2-4,6H,5H2,1H3. The van der Waals surface area contributed by atoms with Gasteiger partial charge in [0.05, 0.1) is 0 Å². The molecule has 1 aromatic heterocycles. The summed E-state index contributed by atoms with van der Waals surface area (Å²) in [7, 11) is 0. The summed E-state index contributed by atoms with van der Waals surface area (Å²) in [4.78, 5) is 12.1. The van der Waals surface area contributed by atoms with Crippen LogP contribution in [0.1, 0.15) is 20.8 Å². The molecule has 0 aliphatic heterocycles. The Kier molecular flexibility index (Phi) is 2.70. The number of halogens is 1. The number of hydrogen-bond donors (Lipinski definition) is 0. The molecule has 0 saturated carbocycles. The molecule has 0 spiro atoms. The summed E-state index contributed by atoms with van der Waals surface area (Å²) in [6.07, 6.45) is 0.934. The number of rotatable bonds is 2. The van der Waals surface area contributed by atoms with Gasteiger partial charge in [-0.05, 0) is 30.0 Å². The lowest BCUT2D eigenvalue weighted by atomic mass is 10.1. The third kappa shape index (κ3) is 1.62. The third-order valence-electron chi connectivity index (χ3n) is 2.10. The van der Waals surface area contributed by atoms with Crippen molar-refractivity contribution in [3.8, 4) is 0 Å². The Bertz CT molecular complexity index is 487. The minimum atomic E-state index is 0.803. The summed E-state index contributed by atoms with van der Waals surface area (Å²) in [5.74, 6) is 0. The van der Waals surface area contributed by atoms with Crippen molar-refractivity contribution in [2.45, 2.75) is 12.3 Å². The fourth-order valence-corrected chi connectivity index (χ4v) is 3.01. The maximum Gasteiger partial charge on any atom is 0.151 e. The second-order valence-corrected chi connectivity index (χ2v) is 4.93. The molecule has 1 aromatic carbocycles. The molecule has 2 aromatic rings. The van der Waals surface area contributed by atoms with Crippen molar-refractivity contribution in [1.82, 2.24) is 0 Å². The van der Waals surface area contributed by atoms with Crippen LogP contribution in [0.5, 0.6) is 0 Å². The Morgan fingerprint density at radius 3 is 2.86 bits per heavy atom. The summed E-state index contributed by atoms with van der Waals surface area (Å²) in [5.41, 5.74) is 1.94. The molecule has 0 amide bonds. The van der Waals surface area contributed by atoms with E-state index in [0.29, 0.717) is 0 Å². The average molecular weight is 269 g/mol. The Morgan fingerprint density at radius 2 is 2.21 bits per heavy atom. The van der Waals surface area contributed by atoms with E-state index in [1.165, 1.54) is 10.3 Å². The van der Waals surface area contributed by atoms with Crippen LogP contribution in [0.3, 0.4) is 0 Å². The molecule has 0 fully saturated rings. The first kappa shape index (κ1) is 9.87. The van der Waals surface area contributed by atoms with E-state index in [9.17, 15) is 4.79 Å². The number of aldehydes is 1. The van der Waals surface area contributed by atoms with Crippen molar-refractivity contribution >= 4 is 43.6 Å². The van der Waals surface area contributed by atoms with Crippen LogP contribution < -0.4 is 0 Å². The number of alkyl halides is 1. The molecule has 0 atom stereocenters. The number of benzene rings is 1. The van der Waals surface area contributed by atoms with Gasteiger partial charge in [-0.3, -0.25) is 4.79 Å². The van der Waals surface area contributed by atoms with E-state index >= 15 is 0 Å². The van der Waals surface area contributed by atoms with Gasteiger partial charge in [-0.2, -0.15) is 0 Å². The quantitative estimate of drug-likeness (QED) is 0.596.